The van der Waals surface area contributed by atoms with Gasteiger partial charge < -0.3 is 20.1 Å². The third kappa shape index (κ3) is 5.45. The van der Waals surface area contributed by atoms with Gasteiger partial charge >= 0.3 is 12.3 Å². The average molecular weight is 346 g/mol. The highest BCUT2D eigenvalue weighted by atomic mass is 19.4. The Morgan fingerprint density at radius 1 is 1.25 bits per heavy atom. The molecule has 1 aromatic rings. The van der Waals surface area contributed by atoms with Gasteiger partial charge in [-0.25, -0.2) is 4.79 Å². The molecule has 0 unspecified atom stereocenters. The molecule has 1 saturated heterocycles. The van der Waals surface area contributed by atoms with Gasteiger partial charge in [0, 0.05) is 12.1 Å². The molecule has 1 aromatic carbocycles. The zero-order chi connectivity index (χ0) is 17.7. The Kier molecular flexibility index (Phi) is 5.27. The molecule has 1 atom stereocenters. The van der Waals surface area contributed by atoms with Gasteiger partial charge in [0.15, 0.2) is 6.61 Å². The lowest BCUT2D eigenvalue weighted by Gasteiger charge is -2.11. The first-order valence-corrected chi connectivity index (χ1v) is 6.84. The molecule has 2 rings (SSSR count). The van der Waals surface area contributed by atoms with Gasteiger partial charge in [0.25, 0.3) is 5.91 Å². The molecule has 1 heterocycles. The molecule has 0 radical (unpaired) electrons. The van der Waals surface area contributed by atoms with Gasteiger partial charge in [0.2, 0.25) is 5.91 Å². The highest BCUT2D eigenvalue weighted by Gasteiger charge is 2.31. The number of esters is 1. The molecule has 7 nitrogen and oxygen atoms in total. The monoisotopic (exact) mass is 346 g/mol. The average Bonchev–Trinajstić information content (AvgIpc) is 2.92. The quantitative estimate of drug-likeness (QED) is 0.785. The summed E-state index contributed by atoms with van der Waals surface area (Å²) in [7, 11) is 0. The number of alkyl halides is 3. The van der Waals surface area contributed by atoms with Crippen molar-refractivity contribution in [3.8, 4) is 5.75 Å². The van der Waals surface area contributed by atoms with Crippen molar-refractivity contribution in [2.45, 2.75) is 25.2 Å². The van der Waals surface area contributed by atoms with Gasteiger partial charge in [-0.2, -0.15) is 0 Å². The second-order valence-corrected chi connectivity index (χ2v) is 4.89. The fourth-order valence-corrected chi connectivity index (χ4v) is 1.97. The molecule has 1 aliphatic heterocycles. The number of halogens is 3. The van der Waals surface area contributed by atoms with Gasteiger partial charge in [-0.3, -0.25) is 9.59 Å². The van der Waals surface area contributed by atoms with E-state index in [2.05, 4.69) is 15.4 Å². The number of hydrogen-bond donors (Lipinski definition) is 2. The Morgan fingerprint density at radius 2 is 1.92 bits per heavy atom. The molecule has 0 aliphatic carbocycles. The van der Waals surface area contributed by atoms with Crippen LogP contribution in [-0.2, 0) is 19.1 Å². The van der Waals surface area contributed by atoms with Gasteiger partial charge in [0.05, 0.1) is 0 Å². The third-order valence-electron chi connectivity index (χ3n) is 3.00. The summed E-state index contributed by atoms with van der Waals surface area (Å²) in [4.78, 5) is 34.2. The summed E-state index contributed by atoms with van der Waals surface area (Å²) >= 11 is 0. The maximum absolute atomic E-state index is 12.0. The highest BCUT2D eigenvalue weighted by molar-refractivity contribution is 5.94. The minimum Gasteiger partial charge on any atom is -0.454 e. The topological polar surface area (TPSA) is 93.7 Å². The highest BCUT2D eigenvalue weighted by Crippen LogP contribution is 2.23. The molecule has 24 heavy (non-hydrogen) atoms. The van der Waals surface area contributed by atoms with Crippen LogP contribution in [0.25, 0.3) is 0 Å². The van der Waals surface area contributed by atoms with E-state index < -0.39 is 36.6 Å². The van der Waals surface area contributed by atoms with Crippen molar-refractivity contribution in [3.63, 3.8) is 0 Å². The molecule has 2 amide bonds. The number of ether oxygens (including phenoxy) is 2. The predicted octanol–water partition coefficient (Wildman–Crippen LogP) is 1.35. The predicted molar refractivity (Wildman–Crippen MR) is 73.9 cm³/mol. The van der Waals surface area contributed by atoms with Crippen molar-refractivity contribution in [1.29, 1.82) is 0 Å². The van der Waals surface area contributed by atoms with E-state index in [1.54, 1.807) is 0 Å². The van der Waals surface area contributed by atoms with Crippen LogP contribution in [0.2, 0.25) is 0 Å². The van der Waals surface area contributed by atoms with Crippen molar-refractivity contribution in [2.75, 3.05) is 11.9 Å². The molecular weight excluding hydrogens is 333 g/mol. The Labute approximate surface area is 134 Å². The lowest BCUT2D eigenvalue weighted by atomic mass is 10.2. The summed E-state index contributed by atoms with van der Waals surface area (Å²) in [5.74, 6) is -2.08. The van der Waals surface area contributed by atoms with Gasteiger partial charge in [-0.05, 0) is 30.7 Å². The van der Waals surface area contributed by atoms with E-state index in [1.807, 2.05) is 0 Å². The number of anilines is 1. The van der Waals surface area contributed by atoms with Crippen molar-refractivity contribution in [2.24, 2.45) is 0 Å². The van der Waals surface area contributed by atoms with E-state index in [0.717, 1.165) is 12.1 Å². The first kappa shape index (κ1) is 17.6. The number of hydrogen-bond acceptors (Lipinski definition) is 5. The first-order chi connectivity index (χ1) is 11.2. The van der Waals surface area contributed by atoms with Crippen molar-refractivity contribution in [3.05, 3.63) is 24.3 Å². The number of nitrogens with one attached hydrogen (secondary N) is 2. The number of carbonyl (C=O) groups excluding carboxylic acids is 3. The maximum Gasteiger partial charge on any atom is 0.573 e. The van der Waals surface area contributed by atoms with Crippen LogP contribution in [0.3, 0.4) is 0 Å². The van der Waals surface area contributed by atoms with E-state index in [9.17, 15) is 27.6 Å². The summed E-state index contributed by atoms with van der Waals surface area (Å²) in [5.41, 5.74) is 0.208. The van der Waals surface area contributed by atoms with Crippen molar-refractivity contribution < 1.29 is 37.0 Å². The number of carbonyl (C=O) groups is 3. The van der Waals surface area contributed by atoms with Crippen molar-refractivity contribution >= 4 is 23.5 Å². The molecule has 10 heteroatoms. The SMILES string of the molecule is O=C(COC(=O)[C@H]1CCC(=O)N1)Nc1ccc(OC(F)(F)F)cc1. The van der Waals surface area contributed by atoms with Gasteiger partial charge in [-0.15, -0.1) is 13.2 Å². The Bertz CT molecular complexity index is 630. The van der Waals surface area contributed by atoms with E-state index >= 15 is 0 Å². The summed E-state index contributed by atoms with van der Waals surface area (Å²) in [6.07, 6.45) is -4.27. The van der Waals surface area contributed by atoms with Crippen LogP contribution >= 0.6 is 0 Å². The zero-order valence-electron chi connectivity index (χ0n) is 12.2. The lowest BCUT2D eigenvalue weighted by molar-refractivity contribution is -0.274. The number of benzene rings is 1. The first-order valence-electron chi connectivity index (χ1n) is 6.84. The normalized spacial score (nSPS) is 17.1. The van der Waals surface area contributed by atoms with Crippen LogP contribution in [0.5, 0.6) is 5.75 Å². The summed E-state index contributed by atoms with van der Waals surface area (Å²) in [6.45, 7) is -0.577. The zero-order valence-corrected chi connectivity index (χ0v) is 12.2. The smallest absolute Gasteiger partial charge is 0.454 e. The molecule has 0 aromatic heterocycles. The molecule has 0 bridgehead atoms. The van der Waals surface area contributed by atoms with Crippen LogP contribution in [0, 0.1) is 0 Å². The van der Waals surface area contributed by atoms with Crippen LogP contribution in [0.1, 0.15) is 12.8 Å². The Morgan fingerprint density at radius 3 is 2.46 bits per heavy atom. The maximum atomic E-state index is 12.0. The Balaban J connectivity index is 1.78. The summed E-state index contributed by atoms with van der Waals surface area (Å²) in [6, 6.07) is 3.71. The number of rotatable bonds is 5. The molecule has 1 aliphatic rings. The molecule has 0 saturated carbocycles. The Hall–Kier alpha value is -2.78. The molecule has 0 spiro atoms. The van der Waals surface area contributed by atoms with Gasteiger partial charge in [0.1, 0.15) is 11.8 Å². The summed E-state index contributed by atoms with van der Waals surface area (Å²) < 4.78 is 44.5. The fraction of sp³-hybridized carbons (Fsp3) is 0.357. The summed E-state index contributed by atoms with van der Waals surface area (Å²) in [5, 5.41) is 4.75. The van der Waals surface area contributed by atoms with E-state index in [0.29, 0.717) is 6.42 Å². The van der Waals surface area contributed by atoms with Crippen LogP contribution in [0.4, 0.5) is 18.9 Å². The van der Waals surface area contributed by atoms with Crippen LogP contribution < -0.4 is 15.4 Å². The minimum absolute atomic E-state index is 0.208. The van der Waals surface area contributed by atoms with Crippen LogP contribution in [0.15, 0.2) is 24.3 Å². The second-order valence-electron chi connectivity index (χ2n) is 4.89. The van der Waals surface area contributed by atoms with E-state index in [4.69, 9.17) is 4.74 Å². The van der Waals surface area contributed by atoms with Crippen molar-refractivity contribution in [1.82, 2.24) is 5.32 Å². The molecule has 130 valence electrons. The minimum atomic E-state index is -4.80. The third-order valence-corrected chi connectivity index (χ3v) is 3.00. The second kappa shape index (κ2) is 7.20. The fourth-order valence-electron chi connectivity index (χ4n) is 1.97. The molecule has 1 fully saturated rings. The van der Waals surface area contributed by atoms with Crippen LogP contribution in [-0.4, -0.2) is 36.8 Å². The molecular formula is C14H13F3N2O5. The lowest BCUT2D eigenvalue weighted by Crippen LogP contribution is -2.36. The van der Waals surface area contributed by atoms with Gasteiger partial charge in [-0.1, -0.05) is 0 Å². The largest absolute Gasteiger partial charge is 0.573 e. The number of amides is 2. The standard InChI is InChI=1S/C14H13F3N2O5/c15-14(16,17)24-9-3-1-8(2-4-9)18-12(21)7-23-13(22)10-5-6-11(20)19-10/h1-4,10H,5-7H2,(H,18,21)(H,19,20)/t10-/m1/s1. The molecule has 2 N–H and O–H groups in total. The van der Waals surface area contributed by atoms with E-state index in [-0.39, 0.29) is 18.0 Å². The van der Waals surface area contributed by atoms with E-state index in [1.165, 1.54) is 12.1 Å².